The summed E-state index contributed by atoms with van der Waals surface area (Å²) in [5.74, 6) is 0.865. The fourth-order valence-electron chi connectivity index (χ4n) is 1.16. The van der Waals surface area contributed by atoms with Crippen LogP contribution in [0.2, 0.25) is 0 Å². The summed E-state index contributed by atoms with van der Waals surface area (Å²) in [6, 6.07) is 5.75. The number of hydrogen-bond donors (Lipinski definition) is 0. The maximum Gasteiger partial charge on any atom is 0.124 e. The van der Waals surface area contributed by atoms with Crippen LogP contribution < -0.4 is 4.74 Å². The Labute approximate surface area is 72.2 Å². The standard InChI is InChI=1S/C10H12O2/c1-8-7-9(5-6-11)3-4-10(8)12-2/h3-4,6-7H,5H2,1-2H3. The quantitative estimate of drug-likeness (QED) is 0.636. The Bertz CT molecular complexity index is 279. The molecule has 2 nitrogen and oxygen atoms in total. The molecule has 0 aliphatic carbocycles. The van der Waals surface area contributed by atoms with Gasteiger partial charge in [-0.05, 0) is 24.1 Å². The molecule has 0 aliphatic rings. The van der Waals surface area contributed by atoms with Crippen molar-refractivity contribution in [2.75, 3.05) is 7.11 Å². The van der Waals surface area contributed by atoms with Crippen LogP contribution in [0.4, 0.5) is 0 Å². The zero-order valence-corrected chi connectivity index (χ0v) is 7.33. The van der Waals surface area contributed by atoms with E-state index in [9.17, 15) is 4.79 Å². The third kappa shape index (κ3) is 1.84. The SMILES string of the molecule is COc1ccc(CC=O)cc1C. The molecular weight excluding hydrogens is 152 g/mol. The Hall–Kier alpha value is -1.31. The molecule has 0 aromatic heterocycles. The first-order valence-corrected chi connectivity index (χ1v) is 3.85. The Morgan fingerprint density at radius 2 is 2.25 bits per heavy atom. The van der Waals surface area contributed by atoms with Crippen molar-refractivity contribution in [3.63, 3.8) is 0 Å². The van der Waals surface area contributed by atoms with E-state index in [0.29, 0.717) is 6.42 Å². The van der Waals surface area contributed by atoms with Crippen LogP contribution in [-0.2, 0) is 11.2 Å². The summed E-state index contributed by atoms with van der Waals surface area (Å²) < 4.78 is 5.09. The van der Waals surface area contributed by atoms with Crippen molar-refractivity contribution in [2.24, 2.45) is 0 Å². The van der Waals surface area contributed by atoms with Crippen molar-refractivity contribution in [3.05, 3.63) is 29.3 Å². The Balaban J connectivity index is 2.93. The predicted molar refractivity (Wildman–Crippen MR) is 47.5 cm³/mol. The molecule has 1 aromatic carbocycles. The summed E-state index contributed by atoms with van der Waals surface area (Å²) in [6.07, 6.45) is 1.38. The monoisotopic (exact) mass is 164 g/mol. The normalized spacial score (nSPS) is 9.50. The second-order valence-electron chi connectivity index (χ2n) is 2.67. The smallest absolute Gasteiger partial charge is 0.124 e. The van der Waals surface area contributed by atoms with Crippen molar-refractivity contribution in [2.45, 2.75) is 13.3 Å². The van der Waals surface area contributed by atoms with E-state index in [2.05, 4.69) is 0 Å². The number of hydrogen-bond acceptors (Lipinski definition) is 2. The molecule has 0 N–H and O–H groups in total. The summed E-state index contributed by atoms with van der Waals surface area (Å²) >= 11 is 0. The van der Waals surface area contributed by atoms with Crippen LogP contribution in [0, 0.1) is 6.92 Å². The van der Waals surface area contributed by atoms with E-state index in [0.717, 1.165) is 23.2 Å². The molecule has 1 rings (SSSR count). The lowest BCUT2D eigenvalue weighted by Gasteiger charge is -2.04. The van der Waals surface area contributed by atoms with E-state index in [1.165, 1.54) is 0 Å². The average molecular weight is 164 g/mol. The van der Waals surface area contributed by atoms with Gasteiger partial charge >= 0.3 is 0 Å². The van der Waals surface area contributed by atoms with Crippen molar-refractivity contribution >= 4 is 6.29 Å². The van der Waals surface area contributed by atoms with Crippen molar-refractivity contribution in [1.82, 2.24) is 0 Å². The number of aryl methyl sites for hydroxylation is 1. The highest BCUT2D eigenvalue weighted by molar-refractivity contribution is 5.55. The van der Waals surface area contributed by atoms with Gasteiger partial charge in [-0.25, -0.2) is 0 Å². The van der Waals surface area contributed by atoms with E-state index in [4.69, 9.17) is 4.74 Å². The van der Waals surface area contributed by atoms with Crippen LogP contribution in [0.1, 0.15) is 11.1 Å². The number of rotatable bonds is 3. The van der Waals surface area contributed by atoms with E-state index in [1.54, 1.807) is 7.11 Å². The maximum absolute atomic E-state index is 10.2. The number of aldehydes is 1. The molecule has 1 aromatic rings. The summed E-state index contributed by atoms with van der Waals surface area (Å²) in [7, 11) is 1.64. The van der Waals surface area contributed by atoms with E-state index >= 15 is 0 Å². The average Bonchev–Trinajstić information content (AvgIpc) is 2.05. The molecule has 0 spiro atoms. The Kier molecular flexibility index (Phi) is 2.86. The predicted octanol–water partition coefficient (Wildman–Crippen LogP) is 1.75. The zero-order chi connectivity index (χ0) is 8.97. The number of carbonyl (C=O) groups excluding carboxylic acids is 1. The van der Waals surface area contributed by atoms with Crippen molar-refractivity contribution < 1.29 is 9.53 Å². The minimum Gasteiger partial charge on any atom is -0.496 e. The number of carbonyl (C=O) groups is 1. The molecule has 0 aliphatic heterocycles. The van der Waals surface area contributed by atoms with Gasteiger partial charge in [0.1, 0.15) is 12.0 Å². The molecule has 12 heavy (non-hydrogen) atoms. The molecule has 0 fully saturated rings. The minimum absolute atomic E-state index is 0.477. The third-order valence-electron chi connectivity index (χ3n) is 1.78. The first-order valence-electron chi connectivity index (χ1n) is 3.85. The van der Waals surface area contributed by atoms with Crippen LogP contribution in [0.25, 0.3) is 0 Å². The number of methoxy groups -OCH3 is 1. The fraction of sp³-hybridized carbons (Fsp3) is 0.300. The van der Waals surface area contributed by atoms with Gasteiger partial charge in [-0.1, -0.05) is 12.1 Å². The van der Waals surface area contributed by atoms with Gasteiger partial charge in [-0.3, -0.25) is 0 Å². The van der Waals surface area contributed by atoms with Crippen molar-refractivity contribution in [1.29, 1.82) is 0 Å². The highest BCUT2D eigenvalue weighted by Gasteiger charge is 1.98. The summed E-state index contributed by atoms with van der Waals surface area (Å²) in [5, 5.41) is 0. The van der Waals surface area contributed by atoms with Crippen LogP contribution >= 0.6 is 0 Å². The van der Waals surface area contributed by atoms with Gasteiger partial charge in [0, 0.05) is 6.42 Å². The highest BCUT2D eigenvalue weighted by Crippen LogP contribution is 2.18. The van der Waals surface area contributed by atoms with Gasteiger partial charge in [-0.15, -0.1) is 0 Å². The lowest BCUT2D eigenvalue weighted by Crippen LogP contribution is -1.90. The van der Waals surface area contributed by atoms with Crippen LogP contribution in [0.15, 0.2) is 18.2 Å². The van der Waals surface area contributed by atoms with Crippen LogP contribution in [0.3, 0.4) is 0 Å². The molecule has 2 heteroatoms. The van der Waals surface area contributed by atoms with Crippen molar-refractivity contribution in [3.8, 4) is 5.75 Å². The molecule has 0 amide bonds. The van der Waals surface area contributed by atoms with Crippen LogP contribution in [0.5, 0.6) is 5.75 Å². The maximum atomic E-state index is 10.2. The fourth-order valence-corrected chi connectivity index (χ4v) is 1.16. The van der Waals surface area contributed by atoms with Gasteiger partial charge in [0.15, 0.2) is 0 Å². The first kappa shape index (κ1) is 8.78. The van der Waals surface area contributed by atoms with Gasteiger partial charge < -0.3 is 9.53 Å². The lowest BCUT2D eigenvalue weighted by atomic mass is 10.1. The molecular formula is C10H12O2. The van der Waals surface area contributed by atoms with E-state index in [-0.39, 0.29) is 0 Å². The Morgan fingerprint density at radius 1 is 1.50 bits per heavy atom. The Morgan fingerprint density at radius 3 is 2.75 bits per heavy atom. The molecule has 64 valence electrons. The topological polar surface area (TPSA) is 26.3 Å². The molecule has 0 atom stereocenters. The molecule has 0 heterocycles. The number of ether oxygens (including phenoxy) is 1. The largest absolute Gasteiger partial charge is 0.496 e. The first-order chi connectivity index (χ1) is 5.77. The van der Waals surface area contributed by atoms with Crippen LogP contribution in [-0.4, -0.2) is 13.4 Å². The zero-order valence-electron chi connectivity index (χ0n) is 7.33. The lowest BCUT2D eigenvalue weighted by molar-refractivity contribution is -0.107. The molecule has 0 radical (unpaired) electrons. The second kappa shape index (κ2) is 3.90. The molecule has 0 saturated carbocycles. The summed E-state index contributed by atoms with van der Waals surface area (Å²) in [4.78, 5) is 10.2. The van der Waals surface area contributed by atoms with E-state index < -0.39 is 0 Å². The summed E-state index contributed by atoms with van der Waals surface area (Å²) in [5.41, 5.74) is 2.10. The van der Waals surface area contributed by atoms with Gasteiger partial charge in [0.25, 0.3) is 0 Å². The minimum atomic E-state index is 0.477. The van der Waals surface area contributed by atoms with Gasteiger partial charge in [0.05, 0.1) is 7.11 Å². The summed E-state index contributed by atoms with van der Waals surface area (Å²) in [6.45, 7) is 1.97. The third-order valence-corrected chi connectivity index (χ3v) is 1.78. The molecule has 0 saturated heterocycles. The van der Waals surface area contributed by atoms with Gasteiger partial charge in [0.2, 0.25) is 0 Å². The van der Waals surface area contributed by atoms with E-state index in [1.807, 2.05) is 25.1 Å². The molecule has 0 bridgehead atoms. The second-order valence-corrected chi connectivity index (χ2v) is 2.67. The highest BCUT2D eigenvalue weighted by atomic mass is 16.5. The number of benzene rings is 1. The van der Waals surface area contributed by atoms with Gasteiger partial charge in [-0.2, -0.15) is 0 Å². The molecule has 0 unspecified atom stereocenters.